The number of nitrogens with zero attached hydrogens (tertiary/aromatic N) is 1. The average molecular weight is 258 g/mol. The molecule has 0 aliphatic rings. The molecular weight excluding hydrogens is 228 g/mol. The molecule has 0 heterocycles. The summed E-state index contributed by atoms with van der Waals surface area (Å²) in [5.74, 6) is 0.370. The van der Waals surface area contributed by atoms with Crippen LogP contribution in [-0.2, 0) is 4.79 Å². The lowest BCUT2D eigenvalue weighted by atomic mass is 10.1. The van der Waals surface area contributed by atoms with Crippen LogP contribution in [0, 0.1) is 11.8 Å². The Balaban J connectivity index is 4.42. The summed E-state index contributed by atoms with van der Waals surface area (Å²) in [4.78, 5) is 13.5. The molecule has 4 heteroatoms. The second-order valence-electron chi connectivity index (χ2n) is 5.85. The lowest BCUT2D eigenvalue weighted by Gasteiger charge is -2.29. The van der Waals surface area contributed by atoms with Gasteiger partial charge in [0.1, 0.15) is 6.04 Å². The number of hydrogen-bond donors (Lipinski definition) is 2. The van der Waals surface area contributed by atoms with Gasteiger partial charge in [0.15, 0.2) is 0 Å². The molecule has 18 heavy (non-hydrogen) atoms. The van der Waals surface area contributed by atoms with Gasteiger partial charge in [0.2, 0.25) is 0 Å². The van der Waals surface area contributed by atoms with Gasteiger partial charge < -0.3 is 15.3 Å². The molecule has 0 saturated heterocycles. The molecule has 1 unspecified atom stereocenters. The van der Waals surface area contributed by atoms with Crippen molar-refractivity contribution in [1.82, 2.24) is 10.2 Å². The zero-order chi connectivity index (χ0) is 14.1. The van der Waals surface area contributed by atoms with Gasteiger partial charge in [-0.1, -0.05) is 34.6 Å². The first-order valence-corrected chi connectivity index (χ1v) is 7.05. The number of rotatable bonds is 10. The Hall–Kier alpha value is -0.610. The van der Waals surface area contributed by atoms with Crippen LogP contribution in [0.4, 0.5) is 0 Å². The maximum Gasteiger partial charge on any atom is 0.322 e. The van der Waals surface area contributed by atoms with Gasteiger partial charge in [0.25, 0.3) is 0 Å². The Morgan fingerprint density at radius 3 is 1.94 bits per heavy atom. The third kappa shape index (κ3) is 8.48. The molecule has 0 rings (SSSR count). The first-order valence-electron chi connectivity index (χ1n) is 7.05. The number of hydrogen-bond acceptors (Lipinski definition) is 3. The van der Waals surface area contributed by atoms with Crippen molar-refractivity contribution in [2.75, 3.05) is 26.2 Å². The van der Waals surface area contributed by atoms with Gasteiger partial charge in [0.05, 0.1) is 0 Å². The predicted molar refractivity (Wildman–Crippen MR) is 75.8 cm³/mol. The van der Waals surface area contributed by atoms with Gasteiger partial charge in [0, 0.05) is 19.6 Å². The van der Waals surface area contributed by atoms with Crippen LogP contribution in [0.2, 0.25) is 0 Å². The van der Waals surface area contributed by atoms with E-state index < -0.39 is 12.0 Å². The highest BCUT2D eigenvalue weighted by Gasteiger charge is 2.21. The Morgan fingerprint density at radius 1 is 1.11 bits per heavy atom. The summed E-state index contributed by atoms with van der Waals surface area (Å²) in [6, 6.07) is -0.456. The summed E-state index contributed by atoms with van der Waals surface area (Å²) in [6.07, 6.45) is 0.956. The molecule has 0 fully saturated rings. The molecule has 0 saturated carbocycles. The maximum absolute atomic E-state index is 11.2. The number of carboxylic acids is 1. The van der Waals surface area contributed by atoms with Gasteiger partial charge in [-0.05, 0) is 24.8 Å². The lowest BCUT2D eigenvalue weighted by molar-refractivity contribution is -0.140. The van der Waals surface area contributed by atoms with E-state index in [1.807, 2.05) is 6.92 Å². The van der Waals surface area contributed by atoms with Gasteiger partial charge in [-0.25, -0.2) is 0 Å². The molecule has 2 N–H and O–H groups in total. The minimum Gasteiger partial charge on any atom is -0.480 e. The second-order valence-corrected chi connectivity index (χ2v) is 5.85. The van der Waals surface area contributed by atoms with E-state index in [9.17, 15) is 9.90 Å². The number of nitrogens with one attached hydrogen (secondary N) is 1. The van der Waals surface area contributed by atoms with Crippen molar-refractivity contribution in [3.8, 4) is 0 Å². The van der Waals surface area contributed by atoms with E-state index in [2.05, 4.69) is 37.9 Å². The fourth-order valence-corrected chi connectivity index (χ4v) is 2.06. The van der Waals surface area contributed by atoms with Crippen LogP contribution in [0.5, 0.6) is 0 Å². The molecule has 0 bridgehead atoms. The molecule has 108 valence electrons. The van der Waals surface area contributed by atoms with E-state index in [1.54, 1.807) is 0 Å². The highest BCUT2D eigenvalue weighted by Crippen LogP contribution is 2.05. The minimum absolute atomic E-state index is 0.456. The summed E-state index contributed by atoms with van der Waals surface area (Å²) in [5, 5.41) is 12.3. The van der Waals surface area contributed by atoms with Crippen molar-refractivity contribution >= 4 is 5.97 Å². The van der Waals surface area contributed by atoms with Crippen molar-refractivity contribution in [3.63, 3.8) is 0 Å². The van der Waals surface area contributed by atoms with Crippen LogP contribution < -0.4 is 5.32 Å². The van der Waals surface area contributed by atoms with E-state index in [0.29, 0.717) is 18.4 Å². The minimum atomic E-state index is -0.749. The molecule has 4 nitrogen and oxygen atoms in total. The number of carboxylic acid groups (broad SMARTS) is 1. The third-order valence-corrected chi connectivity index (χ3v) is 2.63. The van der Waals surface area contributed by atoms with Gasteiger partial charge >= 0.3 is 5.97 Å². The predicted octanol–water partition coefficient (Wildman–Crippen LogP) is 2.05. The van der Waals surface area contributed by atoms with Crippen LogP contribution >= 0.6 is 0 Å². The van der Waals surface area contributed by atoms with Crippen LogP contribution in [0.15, 0.2) is 0 Å². The Labute approximate surface area is 112 Å². The molecule has 0 aromatic rings. The number of aliphatic carboxylic acids is 1. The van der Waals surface area contributed by atoms with Crippen molar-refractivity contribution in [2.24, 2.45) is 11.8 Å². The highest BCUT2D eigenvalue weighted by molar-refractivity contribution is 5.73. The summed E-state index contributed by atoms with van der Waals surface area (Å²) >= 11 is 0. The van der Waals surface area contributed by atoms with E-state index in [0.717, 1.165) is 26.1 Å². The largest absolute Gasteiger partial charge is 0.480 e. The van der Waals surface area contributed by atoms with Crippen LogP contribution in [0.25, 0.3) is 0 Å². The first kappa shape index (κ1) is 17.4. The molecule has 0 aliphatic carbocycles. The zero-order valence-corrected chi connectivity index (χ0v) is 12.6. The maximum atomic E-state index is 11.2. The number of carbonyl (C=O) groups is 1. The van der Waals surface area contributed by atoms with Gasteiger partial charge in [-0.3, -0.25) is 4.79 Å². The Kier molecular flexibility index (Phi) is 9.02. The Bertz CT molecular complexity index is 220. The summed E-state index contributed by atoms with van der Waals surface area (Å²) < 4.78 is 0. The molecule has 0 aliphatic heterocycles. The Morgan fingerprint density at radius 2 is 1.61 bits per heavy atom. The summed E-state index contributed by atoms with van der Waals surface area (Å²) in [6.45, 7) is 14.0. The van der Waals surface area contributed by atoms with Gasteiger partial charge in [-0.2, -0.15) is 0 Å². The van der Waals surface area contributed by atoms with Crippen molar-refractivity contribution < 1.29 is 9.90 Å². The zero-order valence-electron chi connectivity index (χ0n) is 12.6. The van der Waals surface area contributed by atoms with Gasteiger partial charge in [-0.15, -0.1) is 0 Å². The van der Waals surface area contributed by atoms with Crippen molar-refractivity contribution in [2.45, 2.75) is 47.1 Å². The lowest BCUT2D eigenvalue weighted by Crippen LogP contribution is -2.48. The summed E-state index contributed by atoms with van der Waals surface area (Å²) in [5.41, 5.74) is 0. The molecule has 0 aromatic heterocycles. The van der Waals surface area contributed by atoms with E-state index in [4.69, 9.17) is 0 Å². The fraction of sp³-hybridized carbons (Fsp3) is 0.929. The standard InChI is InChI=1S/C14H30N2O2/c1-6-7-15-13(14(17)18)10-16(8-11(2)3)9-12(4)5/h11-13,15H,6-10H2,1-5H3,(H,17,18). The molecule has 0 aromatic carbocycles. The monoisotopic (exact) mass is 258 g/mol. The SMILES string of the molecule is CCCNC(CN(CC(C)C)CC(C)C)C(=O)O. The first-order chi connectivity index (χ1) is 8.36. The van der Waals surface area contributed by atoms with E-state index >= 15 is 0 Å². The van der Waals surface area contributed by atoms with Crippen molar-refractivity contribution in [1.29, 1.82) is 0 Å². The summed E-state index contributed by atoms with van der Waals surface area (Å²) in [7, 11) is 0. The fourth-order valence-electron chi connectivity index (χ4n) is 2.06. The van der Waals surface area contributed by atoms with E-state index in [-0.39, 0.29) is 0 Å². The molecule has 0 radical (unpaired) electrons. The van der Waals surface area contributed by atoms with Crippen molar-refractivity contribution in [3.05, 3.63) is 0 Å². The normalized spacial score (nSPS) is 13.6. The highest BCUT2D eigenvalue weighted by atomic mass is 16.4. The smallest absolute Gasteiger partial charge is 0.322 e. The van der Waals surface area contributed by atoms with Crippen LogP contribution in [-0.4, -0.2) is 48.2 Å². The topological polar surface area (TPSA) is 52.6 Å². The molecule has 1 atom stereocenters. The van der Waals surface area contributed by atoms with E-state index in [1.165, 1.54) is 0 Å². The van der Waals surface area contributed by atoms with Crippen LogP contribution in [0.1, 0.15) is 41.0 Å². The average Bonchev–Trinajstić information content (AvgIpc) is 2.21. The molecular formula is C14H30N2O2. The third-order valence-electron chi connectivity index (χ3n) is 2.63. The van der Waals surface area contributed by atoms with Crippen LogP contribution in [0.3, 0.4) is 0 Å². The molecule has 0 amide bonds. The quantitative estimate of drug-likeness (QED) is 0.630. The second kappa shape index (κ2) is 9.34. The molecule has 0 spiro atoms.